The van der Waals surface area contributed by atoms with E-state index >= 15 is 0 Å². The second-order valence-corrected chi connectivity index (χ2v) is 9.18. The van der Waals surface area contributed by atoms with E-state index in [-0.39, 0.29) is 5.91 Å². The smallest absolute Gasteiger partial charge is 0.238 e. The van der Waals surface area contributed by atoms with Crippen molar-refractivity contribution in [1.29, 1.82) is 0 Å². The minimum atomic E-state index is 0.0156. The molecule has 0 radical (unpaired) electrons. The van der Waals surface area contributed by atoms with Gasteiger partial charge in [-0.1, -0.05) is 0 Å². The van der Waals surface area contributed by atoms with Crippen LogP contribution in [0.3, 0.4) is 0 Å². The summed E-state index contributed by atoms with van der Waals surface area (Å²) in [7, 11) is 4.34. The molecule has 1 aromatic heterocycles. The van der Waals surface area contributed by atoms with E-state index in [4.69, 9.17) is 4.98 Å². The van der Waals surface area contributed by atoms with Gasteiger partial charge >= 0.3 is 0 Å². The van der Waals surface area contributed by atoms with E-state index < -0.39 is 0 Å². The number of fused-ring (bicyclic) bond motifs is 1. The van der Waals surface area contributed by atoms with Crippen molar-refractivity contribution in [2.75, 3.05) is 52.1 Å². The first-order valence-corrected chi connectivity index (χ1v) is 11.3. The molecule has 0 unspecified atom stereocenters. The number of rotatable bonds is 5. The Hall–Kier alpha value is -2.02. The number of benzene rings is 1. The van der Waals surface area contributed by atoms with Crippen molar-refractivity contribution in [3.05, 3.63) is 35.5 Å². The molecule has 4 rings (SSSR count). The molecule has 6 heteroatoms. The molecule has 2 saturated heterocycles. The largest absolute Gasteiger partial charge is 0.325 e. The summed E-state index contributed by atoms with van der Waals surface area (Å²) in [6.07, 6.45) is 4.55. The average molecular weight is 410 g/mol. The first kappa shape index (κ1) is 21.2. The third kappa shape index (κ3) is 5.17. The summed E-state index contributed by atoms with van der Waals surface area (Å²) in [5.41, 5.74) is 4.31. The van der Waals surface area contributed by atoms with Crippen LogP contribution in [0.1, 0.15) is 42.9 Å². The van der Waals surface area contributed by atoms with Gasteiger partial charge in [-0.05, 0) is 103 Å². The summed E-state index contributed by atoms with van der Waals surface area (Å²) in [5.74, 6) is 0.566. The zero-order chi connectivity index (χ0) is 21.1. The minimum absolute atomic E-state index is 0.0156. The number of hydrogen-bond donors (Lipinski definition) is 2. The van der Waals surface area contributed by atoms with Crippen LogP contribution < -0.4 is 10.6 Å². The van der Waals surface area contributed by atoms with Gasteiger partial charge in [0.15, 0.2) is 0 Å². The van der Waals surface area contributed by atoms with Crippen LogP contribution in [0.15, 0.2) is 24.3 Å². The van der Waals surface area contributed by atoms with E-state index in [1.165, 1.54) is 24.1 Å². The molecule has 0 saturated carbocycles. The Bertz CT molecular complexity index is 883. The number of nitrogens with zero attached hydrogens (tertiary/aromatic N) is 3. The van der Waals surface area contributed by atoms with Crippen molar-refractivity contribution in [2.24, 2.45) is 0 Å². The Morgan fingerprint density at radius 1 is 1.03 bits per heavy atom. The van der Waals surface area contributed by atoms with Crippen LogP contribution in [-0.4, -0.2) is 73.6 Å². The molecular formula is C24H35N5O. The van der Waals surface area contributed by atoms with E-state index in [1.54, 1.807) is 0 Å². The number of piperidine rings is 2. The molecule has 2 N–H and O–H groups in total. The fraction of sp³-hybridized carbons (Fsp3) is 0.583. The van der Waals surface area contributed by atoms with Gasteiger partial charge < -0.3 is 20.4 Å². The van der Waals surface area contributed by atoms with Crippen molar-refractivity contribution in [3.63, 3.8) is 0 Å². The molecule has 1 amide bonds. The Morgan fingerprint density at radius 3 is 2.40 bits per heavy atom. The molecular weight excluding hydrogens is 374 g/mol. The fourth-order valence-corrected chi connectivity index (χ4v) is 4.67. The average Bonchev–Trinajstić information content (AvgIpc) is 2.74. The van der Waals surface area contributed by atoms with Gasteiger partial charge in [0.2, 0.25) is 5.91 Å². The van der Waals surface area contributed by atoms with E-state index in [9.17, 15) is 4.79 Å². The molecule has 0 atom stereocenters. The van der Waals surface area contributed by atoms with Gasteiger partial charge in [0.1, 0.15) is 0 Å². The standard InChI is InChI=1S/C24H35N5O/c1-17-14-23(18-6-10-28(2)11-7-18)27-22-5-4-20(15-21(17)22)26-24(30)16-25-19-8-12-29(3)13-9-19/h4-5,14-15,18-19,25H,6-13,16H2,1-3H3,(H,26,30). The van der Waals surface area contributed by atoms with Crippen LogP contribution in [0.4, 0.5) is 5.69 Å². The van der Waals surface area contributed by atoms with Gasteiger partial charge in [0.25, 0.3) is 0 Å². The first-order chi connectivity index (χ1) is 14.5. The van der Waals surface area contributed by atoms with E-state index in [2.05, 4.69) is 53.6 Å². The summed E-state index contributed by atoms with van der Waals surface area (Å²) in [6, 6.07) is 8.75. The van der Waals surface area contributed by atoms with Crippen LogP contribution in [0.25, 0.3) is 10.9 Å². The number of likely N-dealkylation sites (tertiary alicyclic amines) is 2. The quantitative estimate of drug-likeness (QED) is 0.795. The third-order valence-electron chi connectivity index (χ3n) is 6.73. The number of hydrogen-bond acceptors (Lipinski definition) is 5. The monoisotopic (exact) mass is 409 g/mol. The van der Waals surface area contributed by atoms with Crippen molar-refractivity contribution in [2.45, 2.75) is 44.6 Å². The topological polar surface area (TPSA) is 60.5 Å². The summed E-state index contributed by atoms with van der Waals surface area (Å²) in [4.78, 5) is 22.1. The second-order valence-electron chi connectivity index (χ2n) is 9.18. The van der Waals surface area contributed by atoms with Crippen molar-refractivity contribution in [1.82, 2.24) is 20.1 Å². The Morgan fingerprint density at radius 2 is 1.70 bits per heavy atom. The number of aromatic nitrogens is 1. The Balaban J connectivity index is 1.38. The summed E-state index contributed by atoms with van der Waals surface area (Å²) in [5, 5.41) is 7.57. The summed E-state index contributed by atoms with van der Waals surface area (Å²) in [6.45, 7) is 6.97. The number of pyridine rings is 1. The van der Waals surface area contributed by atoms with Crippen LogP contribution in [0.2, 0.25) is 0 Å². The molecule has 0 bridgehead atoms. The number of anilines is 1. The highest BCUT2D eigenvalue weighted by atomic mass is 16.1. The van der Waals surface area contributed by atoms with Gasteiger partial charge in [0.05, 0.1) is 12.1 Å². The van der Waals surface area contributed by atoms with Crippen molar-refractivity contribution in [3.8, 4) is 0 Å². The summed E-state index contributed by atoms with van der Waals surface area (Å²) < 4.78 is 0. The highest BCUT2D eigenvalue weighted by molar-refractivity contribution is 5.95. The zero-order valence-corrected chi connectivity index (χ0v) is 18.6. The van der Waals surface area contributed by atoms with E-state index in [1.807, 2.05) is 12.1 Å². The molecule has 1 aromatic carbocycles. The predicted octanol–water partition coefficient (Wildman–Crippen LogP) is 2.97. The number of amides is 1. The number of carbonyl (C=O) groups is 1. The molecule has 2 aromatic rings. The van der Waals surface area contributed by atoms with Gasteiger partial charge in [-0.15, -0.1) is 0 Å². The fourth-order valence-electron chi connectivity index (χ4n) is 4.67. The maximum absolute atomic E-state index is 12.4. The molecule has 30 heavy (non-hydrogen) atoms. The van der Waals surface area contributed by atoms with Crippen molar-refractivity contribution >= 4 is 22.5 Å². The molecule has 3 heterocycles. The lowest BCUT2D eigenvalue weighted by Gasteiger charge is -2.29. The molecule has 162 valence electrons. The Kier molecular flexibility index (Phi) is 6.66. The maximum atomic E-state index is 12.4. The van der Waals surface area contributed by atoms with Gasteiger partial charge in [-0.25, -0.2) is 0 Å². The molecule has 2 fully saturated rings. The van der Waals surface area contributed by atoms with Crippen molar-refractivity contribution < 1.29 is 4.79 Å². The van der Waals surface area contributed by atoms with Gasteiger partial charge in [-0.3, -0.25) is 9.78 Å². The molecule has 6 nitrogen and oxygen atoms in total. The van der Waals surface area contributed by atoms with Gasteiger partial charge in [-0.2, -0.15) is 0 Å². The number of nitrogens with one attached hydrogen (secondary N) is 2. The highest BCUT2D eigenvalue weighted by Gasteiger charge is 2.21. The van der Waals surface area contributed by atoms with E-state index in [0.29, 0.717) is 18.5 Å². The molecule has 2 aliphatic heterocycles. The second kappa shape index (κ2) is 9.41. The normalized spacial score (nSPS) is 20.0. The molecule has 2 aliphatic rings. The zero-order valence-electron chi connectivity index (χ0n) is 18.6. The molecule has 0 spiro atoms. The van der Waals surface area contributed by atoms with Crippen LogP contribution in [0, 0.1) is 6.92 Å². The lowest BCUT2D eigenvalue weighted by atomic mass is 9.92. The van der Waals surface area contributed by atoms with Gasteiger partial charge in [0, 0.05) is 28.7 Å². The summed E-state index contributed by atoms with van der Waals surface area (Å²) >= 11 is 0. The van der Waals surface area contributed by atoms with Crippen LogP contribution in [-0.2, 0) is 4.79 Å². The van der Waals surface area contributed by atoms with Crippen LogP contribution in [0.5, 0.6) is 0 Å². The van der Waals surface area contributed by atoms with E-state index in [0.717, 1.165) is 55.6 Å². The first-order valence-electron chi connectivity index (χ1n) is 11.3. The number of carbonyl (C=O) groups excluding carboxylic acids is 1. The predicted molar refractivity (Wildman–Crippen MR) is 123 cm³/mol. The minimum Gasteiger partial charge on any atom is -0.325 e. The maximum Gasteiger partial charge on any atom is 0.238 e. The Labute approximate surface area is 180 Å². The highest BCUT2D eigenvalue weighted by Crippen LogP contribution is 2.30. The van der Waals surface area contributed by atoms with Crippen LogP contribution >= 0.6 is 0 Å². The SMILES string of the molecule is Cc1cc(C2CCN(C)CC2)nc2ccc(NC(=O)CNC3CCN(C)CC3)cc12. The third-order valence-corrected chi connectivity index (χ3v) is 6.73. The number of aryl methyl sites for hydroxylation is 1. The lowest BCUT2D eigenvalue weighted by Crippen LogP contribution is -2.43. The lowest BCUT2D eigenvalue weighted by molar-refractivity contribution is -0.115. The molecule has 0 aliphatic carbocycles.